The first kappa shape index (κ1) is 15.0. The summed E-state index contributed by atoms with van der Waals surface area (Å²) < 4.78 is 10.1. The highest BCUT2D eigenvalue weighted by atomic mass is 16.5. The molecular formula is C17H18O4. The molecule has 0 saturated heterocycles. The molecule has 0 aliphatic heterocycles. The van der Waals surface area contributed by atoms with Gasteiger partial charge in [0.05, 0.1) is 18.6 Å². The van der Waals surface area contributed by atoms with Crippen molar-refractivity contribution in [1.29, 1.82) is 0 Å². The minimum atomic E-state index is -0.580. The normalized spacial score (nSPS) is 17.5. The van der Waals surface area contributed by atoms with Gasteiger partial charge in [0.15, 0.2) is 0 Å². The van der Waals surface area contributed by atoms with Gasteiger partial charge in [0.2, 0.25) is 0 Å². The third-order valence-electron chi connectivity index (χ3n) is 3.43. The second kappa shape index (κ2) is 6.88. The molecule has 0 aromatic heterocycles. The minimum Gasteiger partial charge on any atom is -0.469 e. The molecule has 0 N–H and O–H groups in total. The van der Waals surface area contributed by atoms with Gasteiger partial charge in [-0.25, -0.2) is 4.79 Å². The van der Waals surface area contributed by atoms with Crippen LogP contribution in [0.15, 0.2) is 53.6 Å². The van der Waals surface area contributed by atoms with Crippen molar-refractivity contribution in [3.63, 3.8) is 0 Å². The molecule has 21 heavy (non-hydrogen) atoms. The van der Waals surface area contributed by atoms with E-state index in [0.717, 1.165) is 11.1 Å². The lowest BCUT2D eigenvalue weighted by molar-refractivity contribution is -0.148. The topological polar surface area (TPSA) is 52.6 Å². The molecule has 0 amide bonds. The Hall–Kier alpha value is -2.36. The summed E-state index contributed by atoms with van der Waals surface area (Å²) in [6, 6.07) is 9.43. The highest BCUT2D eigenvalue weighted by Gasteiger charge is 2.31. The third kappa shape index (κ3) is 3.60. The van der Waals surface area contributed by atoms with E-state index in [0.29, 0.717) is 12.0 Å². The first-order valence-corrected chi connectivity index (χ1v) is 6.79. The van der Waals surface area contributed by atoms with Crippen molar-refractivity contribution in [3.05, 3.63) is 59.2 Å². The van der Waals surface area contributed by atoms with Gasteiger partial charge in [-0.2, -0.15) is 0 Å². The van der Waals surface area contributed by atoms with Crippen LogP contribution < -0.4 is 0 Å². The molecule has 110 valence electrons. The van der Waals surface area contributed by atoms with Gasteiger partial charge >= 0.3 is 11.9 Å². The number of hydrogen-bond donors (Lipinski definition) is 0. The largest absolute Gasteiger partial charge is 0.469 e. The molecule has 4 nitrogen and oxygen atoms in total. The fourth-order valence-corrected chi connectivity index (χ4v) is 2.32. The molecule has 0 fully saturated rings. The molecule has 4 heteroatoms. The quantitative estimate of drug-likeness (QED) is 0.799. The highest BCUT2D eigenvalue weighted by molar-refractivity contribution is 5.97. The van der Waals surface area contributed by atoms with E-state index in [2.05, 4.69) is 0 Å². The monoisotopic (exact) mass is 286 g/mol. The van der Waals surface area contributed by atoms with Crippen LogP contribution in [0.4, 0.5) is 0 Å². The fraction of sp³-hybridized carbons (Fsp3) is 0.294. The van der Waals surface area contributed by atoms with Crippen LogP contribution in [-0.4, -0.2) is 19.0 Å². The molecular weight excluding hydrogens is 268 g/mol. The smallest absolute Gasteiger partial charge is 0.335 e. The van der Waals surface area contributed by atoms with Crippen molar-refractivity contribution >= 4 is 11.9 Å². The maximum absolute atomic E-state index is 12.3. The number of rotatable bonds is 4. The van der Waals surface area contributed by atoms with Gasteiger partial charge in [0.25, 0.3) is 0 Å². The lowest BCUT2D eigenvalue weighted by atomic mass is 9.87. The number of hydrogen-bond acceptors (Lipinski definition) is 4. The number of ether oxygens (including phenoxy) is 2. The van der Waals surface area contributed by atoms with Gasteiger partial charge < -0.3 is 9.47 Å². The Labute approximate surface area is 124 Å². The van der Waals surface area contributed by atoms with Crippen LogP contribution in [0.3, 0.4) is 0 Å². The number of esters is 2. The van der Waals surface area contributed by atoms with E-state index >= 15 is 0 Å². The van der Waals surface area contributed by atoms with E-state index in [1.165, 1.54) is 7.11 Å². The van der Waals surface area contributed by atoms with Gasteiger partial charge in [-0.05, 0) is 24.5 Å². The summed E-state index contributed by atoms with van der Waals surface area (Å²) in [4.78, 5) is 24.1. The zero-order valence-corrected chi connectivity index (χ0v) is 12.2. The molecule has 1 atom stereocenters. The molecule has 0 heterocycles. The van der Waals surface area contributed by atoms with Crippen molar-refractivity contribution in [3.8, 4) is 0 Å². The van der Waals surface area contributed by atoms with E-state index < -0.39 is 17.9 Å². The Morgan fingerprint density at radius 3 is 2.62 bits per heavy atom. The standard InChI is InChI=1S/C17H18O4/c1-12-7-6-10-14(16(18)20-2)15(12)17(19)21-11-13-8-4-3-5-9-13/h3-9,14H,10-11H2,1-2H3/t14-/m0/s1. The van der Waals surface area contributed by atoms with Crippen LogP contribution in [0.25, 0.3) is 0 Å². The summed E-state index contributed by atoms with van der Waals surface area (Å²) >= 11 is 0. The first-order valence-electron chi connectivity index (χ1n) is 6.79. The highest BCUT2D eigenvalue weighted by Crippen LogP contribution is 2.27. The Bertz CT molecular complexity index is 584. The lowest BCUT2D eigenvalue weighted by Gasteiger charge is -2.20. The number of carbonyl (C=O) groups is 2. The van der Waals surface area contributed by atoms with E-state index in [9.17, 15) is 9.59 Å². The molecule has 0 unspecified atom stereocenters. The molecule has 0 saturated carbocycles. The molecule has 1 aromatic carbocycles. The Morgan fingerprint density at radius 2 is 1.95 bits per heavy atom. The lowest BCUT2D eigenvalue weighted by Crippen LogP contribution is -2.26. The average Bonchev–Trinajstić information content (AvgIpc) is 2.52. The summed E-state index contributed by atoms with van der Waals surface area (Å²) in [7, 11) is 1.32. The Kier molecular flexibility index (Phi) is 4.93. The second-order valence-corrected chi connectivity index (χ2v) is 4.87. The van der Waals surface area contributed by atoms with Crippen molar-refractivity contribution in [1.82, 2.24) is 0 Å². The molecule has 0 spiro atoms. The van der Waals surface area contributed by atoms with Crippen LogP contribution >= 0.6 is 0 Å². The molecule has 1 aliphatic rings. The van der Waals surface area contributed by atoms with Crippen molar-refractivity contribution in [2.45, 2.75) is 20.0 Å². The SMILES string of the molecule is COC(=O)[C@H]1CC=CC(C)=C1C(=O)OCc1ccccc1. The zero-order chi connectivity index (χ0) is 15.2. The maximum atomic E-state index is 12.3. The zero-order valence-electron chi connectivity index (χ0n) is 12.2. The van der Waals surface area contributed by atoms with Crippen LogP contribution in [-0.2, 0) is 25.7 Å². The van der Waals surface area contributed by atoms with Gasteiger partial charge in [-0.3, -0.25) is 4.79 Å². The second-order valence-electron chi connectivity index (χ2n) is 4.87. The van der Waals surface area contributed by atoms with Gasteiger partial charge in [-0.15, -0.1) is 0 Å². The van der Waals surface area contributed by atoms with Gasteiger partial charge in [0.1, 0.15) is 6.61 Å². The average molecular weight is 286 g/mol. The molecule has 0 radical (unpaired) electrons. The summed E-state index contributed by atoms with van der Waals surface area (Å²) in [6.07, 6.45) is 4.16. The third-order valence-corrected chi connectivity index (χ3v) is 3.43. The van der Waals surface area contributed by atoms with Gasteiger partial charge in [0, 0.05) is 0 Å². The minimum absolute atomic E-state index is 0.189. The molecule has 1 aromatic rings. The first-order chi connectivity index (χ1) is 10.1. The predicted molar refractivity (Wildman–Crippen MR) is 78.2 cm³/mol. The van der Waals surface area contributed by atoms with E-state index in [4.69, 9.17) is 9.47 Å². The molecule has 1 aliphatic carbocycles. The summed E-state index contributed by atoms with van der Waals surface area (Å²) in [5.41, 5.74) is 2.04. The van der Waals surface area contributed by atoms with Crippen LogP contribution in [0.2, 0.25) is 0 Å². The van der Waals surface area contributed by atoms with Crippen LogP contribution in [0.5, 0.6) is 0 Å². The van der Waals surface area contributed by atoms with E-state index in [-0.39, 0.29) is 6.61 Å². The van der Waals surface area contributed by atoms with Crippen LogP contribution in [0.1, 0.15) is 18.9 Å². The number of methoxy groups -OCH3 is 1. The van der Waals surface area contributed by atoms with E-state index in [1.54, 1.807) is 6.92 Å². The molecule has 0 bridgehead atoms. The summed E-state index contributed by atoms with van der Waals surface area (Å²) in [6.45, 7) is 1.98. The maximum Gasteiger partial charge on any atom is 0.335 e. The summed E-state index contributed by atoms with van der Waals surface area (Å²) in [5, 5.41) is 0. The van der Waals surface area contributed by atoms with Crippen molar-refractivity contribution < 1.29 is 19.1 Å². The Morgan fingerprint density at radius 1 is 1.24 bits per heavy atom. The Balaban J connectivity index is 2.11. The molecule has 2 rings (SSSR count). The fourth-order valence-electron chi connectivity index (χ4n) is 2.32. The number of carbonyl (C=O) groups excluding carboxylic acids is 2. The number of benzene rings is 1. The van der Waals surface area contributed by atoms with Gasteiger partial charge in [-0.1, -0.05) is 42.5 Å². The predicted octanol–water partition coefficient (Wildman–Crippen LogP) is 2.80. The van der Waals surface area contributed by atoms with Crippen molar-refractivity contribution in [2.24, 2.45) is 5.92 Å². The van der Waals surface area contributed by atoms with Crippen molar-refractivity contribution in [2.75, 3.05) is 7.11 Å². The number of allylic oxidation sites excluding steroid dienone is 3. The van der Waals surface area contributed by atoms with Crippen LogP contribution in [0, 0.1) is 5.92 Å². The summed E-state index contributed by atoms with van der Waals surface area (Å²) in [5.74, 6) is -1.45. The van der Waals surface area contributed by atoms with E-state index in [1.807, 2.05) is 42.5 Å².